The predicted molar refractivity (Wildman–Crippen MR) is 97.9 cm³/mol. The van der Waals surface area contributed by atoms with Gasteiger partial charge in [-0.1, -0.05) is 18.2 Å². The van der Waals surface area contributed by atoms with Crippen molar-refractivity contribution in [3.8, 4) is 0 Å². The van der Waals surface area contributed by atoms with E-state index in [9.17, 15) is 9.00 Å². The van der Waals surface area contributed by atoms with Gasteiger partial charge in [0.1, 0.15) is 5.76 Å². The monoisotopic (exact) mass is 360 g/mol. The first kappa shape index (κ1) is 17.9. The average molecular weight is 360 g/mol. The summed E-state index contributed by atoms with van der Waals surface area (Å²) in [7, 11) is -1.17. The third-order valence-electron chi connectivity index (χ3n) is 4.30. The summed E-state index contributed by atoms with van der Waals surface area (Å²) in [6.45, 7) is 4.02. The van der Waals surface area contributed by atoms with E-state index in [1.54, 1.807) is 12.1 Å². The molecule has 1 aromatic carbocycles. The van der Waals surface area contributed by atoms with Gasteiger partial charge in [0.25, 0.3) is 5.91 Å². The van der Waals surface area contributed by atoms with Crippen LogP contribution < -0.4 is 5.32 Å². The van der Waals surface area contributed by atoms with Crippen molar-refractivity contribution in [2.45, 2.75) is 29.9 Å². The first-order valence-corrected chi connectivity index (χ1v) is 10.1. The minimum absolute atomic E-state index is 0.210. The lowest BCUT2D eigenvalue weighted by Crippen LogP contribution is -2.28. The van der Waals surface area contributed by atoms with E-state index in [1.807, 2.05) is 30.3 Å². The van der Waals surface area contributed by atoms with Gasteiger partial charge >= 0.3 is 0 Å². The van der Waals surface area contributed by atoms with Gasteiger partial charge in [-0.2, -0.15) is 0 Å². The molecule has 1 aromatic heterocycles. The molecule has 0 unspecified atom stereocenters. The lowest BCUT2D eigenvalue weighted by molar-refractivity contribution is 0.0923. The number of carbonyl (C=O) groups excluding carboxylic acids is 1. The van der Waals surface area contributed by atoms with Crippen molar-refractivity contribution in [1.29, 1.82) is 0 Å². The summed E-state index contributed by atoms with van der Waals surface area (Å²) in [4.78, 5) is 15.3. The van der Waals surface area contributed by atoms with Gasteiger partial charge in [-0.05, 0) is 63.2 Å². The number of carbonyl (C=O) groups is 1. The van der Waals surface area contributed by atoms with E-state index >= 15 is 0 Å². The lowest BCUT2D eigenvalue weighted by atomic mass is 10.3. The van der Waals surface area contributed by atoms with Crippen molar-refractivity contribution >= 4 is 16.7 Å². The lowest BCUT2D eigenvalue weighted by Gasteiger charge is -2.13. The largest absolute Gasteiger partial charge is 0.455 e. The van der Waals surface area contributed by atoms with Crippen LogP contribution in [0.25, 0.3) is 0 Å². The fourth-order valence-corrected chi connectivity index (χ4v) is 4.00. The summed E-state index contributed by atoms with van der Waals surface area (Å²) in [6.07, 6.45) is 3.51. The SMILES string of the molecule is O=C(NCCCN1CCCC1)c1ccc(C[S@](=O)c2ccccc2)o1. The fraction of sp³-hybridized carbons (Fsp3) is 0.421. The van der Waals surface area contributed by atoms with E-state index in [4.69, 9.17) is 4.42 Å². The van der Waals surface area contributed by atoms with E-state index < -0.39 is 10.8 Å². The molecule has 6 heteroatoms. The third kappa shape index (κ3) is 5.28. The van der Waals surface area contributed by atoms with Crippen molar-refractivity contribution < 1.29 is 13.4 Å². The first-order valence-electron chi connectivity index (χ1n) is 8.75. The van der Waals surface area contributed by atoms with E-state index in [0.29, 0.717) is 12.3 Å². The second-order valence-corrected chi connectivity index (χ2v) is 7.68. The fourth-order valence-electron chi connectivity index (χ4n) is 2.96. The molecule has 1 aliphatic rings. The number of likely N-dealkylation sites (tertiary alicyclic amines) is 1. The molecule has 134 valence electrons. The molecule has 1 fully saturated rings. The zero-order valence-electron chi connectivity index (χ0n) is 14.3. The van der Waals surface area contributed by atoms with E-state index in [-0.39, 0.29) is 17.4 Å². The van der Waals surface area contributed by atoms with Crippen LogP contribution in [0.3, 0.4) is 0 Å². The van der Waals surface area contributed by atoms with Crippen LogP contribution in [0.4, 0.5) is 0 Å². The minimum Gasteiger partial charge on any atom is -0.455 e. The number of furan rings is 1. The highest BCUT2D eigenvalue weighted by Crippen LogP contribution is 2.15. The van der Waals surface area contributed by atoms with Gasteiger partial charge in [-0.3, -0.25) is 9.00 Å². The highest BCUT2D eigenvalue weighted by atomic mass is 32.2. The minimum atomic E-state index is -1.17. The molecule has 1 amide bonds. The smallest absolute Gasteiger partial charge is 0.286 e. The predicted octanol–water partition coefficient (Wildman–Crippen LogP) is 2.80. The second-order valence-electron chi connectivity index (χ2n) is 6.23. The average Bonchev–Trinajstić information content (AvgIpc) is 3.31. The first-order chi connectivity index (χ1) is 12.2. The molecule has 0 radical (unpaired) electrons. The van der Waals surface area contributed by atoms with Crippen LogP contribution >= 0.6 is 0 Å². The summed E-state index contributed by atoms with van der Waals surface area (Å²) >= 11 is 0. The molecule has 5 nitrogen and oxygen atoms in total. The van der Waals surface area contributed by atoms with Crippen LogP contribution in [0.5, 0.6) is 0 Å². The molecule has 2 aromatic rings. The van der Waals surface area contributed by atoms with Crippen LogP contribution in [-0.4, -0.2) is 41.2 Å². The molecule has 1 aliphatic heterocycles. The van der Waals surface area contributed by atoms with Crippen LogP contribution in [-0.2, 0) is 16.6 Å². The Kier molecular flexibility index (Phi) is 6.42. The van der Waals surface area contributed by atoms with Gasteiger partial charge in [-0.15, -0.1) is 0 Å². The standard InChI is InChI=1S/C19H24N2O3S/c22-19(20-11-6-14-21-12-4-5-13-21)18-10-9-16(24-18)15-25(23)17-7-2-1-3-8-17/h1-3,7-10H,4-6,11-15H2,(H,20,22)/t25-/m0/s1. The zero-order chi connectivity index (χ0) is 17.5. The molecule has 0 bridgehead atoms. The van der Waals surface area contributed by atoms with Gasteiger partial charge in [0.05, 0.1) is 16.6 Å². The van der Waals surface area contributed by atoms with Crippen LogP contribution in [0.2, 0.25) is 0 Å². The molecule has 3 rings (SSSR count). The van der Waals surface area contributed by atoms with Gasteiger partial charge < -0.3 is 14.6 Å². The Morgan fingerprint density at radius 3 is 2.64 bits per heavy atom. The number of hydrogen-bond acceptors (Lipinski definition) is 4. The Labute approximate surface area is 150 Å². The number of hydrogen-bond donors (Lipinski definition) is 1. The number of nitrogens with one attached hydrogen (secondary N) is 1. The van der Waals surface area contributed by atoms with Crippen molar-refractivity contribution in [2.75, 3.05) is 26.2 Å². The molecule has 2 heterocycles. The van der Waals surface area contributed by atoms with E-state index in [2.05, 4.69) is 10.2 Å². The summed E-state index contributed by atoms with van der Waals surface area (Å²) in [6, 6.07) is 12.6. The van der Waals surface area contributed by atoms with Crippen LogP contribution in [0.1, 0.15) is 35.6 Å². The van der Waals surface area contributed by atoms with Crippen molar-refractivity contribution in [2.24, 2.45) is 0 Å². The van der Waals surface area contributed by atoms with E-state index in [1.165, 1.54) is 25.9 Å². The number of nitrogens with zero attached hydrogens (tertiary/aromatic N) is 1. The maximum Gasteiger partial charge on any atom is 0.286 e. The number of amides is 1. The third-order valence-corrected chi connectivity index (χ3v) is 5.64. The molecule has 0 saturated carbocycles. The molecule has 25 heavy (non-hydrogen) atoms. The van der Waals surface area contributed by atoms with Crippen molar-refractivity contribution in [1.82, 2.24) is 10.2 Å². The molecular formula is C19H24N2O3S. The highest BCUT2D eigenvalue weighted by Gasteiger charge is 2.14. The molecule has 1 saturated heterocycles. The molecule has 1 N–H and O–H groups in total. The molecule has 1 atom stereocenters. The Morgan fingerprint density at radius 2 is 1.88 bits per heavy atom. The van der Waals surface area contributed by atoms with Crippen LogP contribution in [0, 0.1) is 0 Å². The highest BCUT2D eigenvalue weighted by molar-refractivity contribution is 7.84. The van der Waals surface area contributed by atoms with Gasteiger partial charge in [0.2, 0.25) is 0 Å². The molecule has 0 aliphatic carbocycles. The maximum atomic E-state index is 12.3. The van der Waals surface area contributed by atoms with Crippen molar-refractivity contribution in [3.05, 3.63) is 54.0 Å². The Hall–Kier alpha value is -1.92. The van der Waals surface area contributed by atoms with Gasteiger partial charge in [0.15, 0.2) is 5.76 Å². The zero-order valence-corrected chi connectivity index (χ0v) is 15.1. The Morgan fingerprint density at radius 1 is 1.12 bits per heavy atom. The second kappa shape index (κ2) is 8.97. The maximum absolute atomic E-state index is 12.3. The normalized spacial score (nSPS) is 16.0. The molecular weight excluding hydrogens is 336 g/mol. The number of benzene rings is 1. The summed E-state index contributed by atoms with van der Waals surface area (Å²) in [5.74, 6) is 0.899. The topological polar surface area (TPSA) is 62.6 Å². The summed E-state index contributed by atoms with van der Waals surface area (Å²) in [5, 5.41) is 2.89. The van der Waals surface area contributed by atoms with Gasteiger partial charge in [0, 0.05) is 11.4 Å². The van der Waals surface area contributed by atoms with Crippen molar-refractivity contribution in [3.63, 3.8) is 0 Å². The Bertz CT molecular complexity index is 708. The van der Waals surface area contributed by atoms with Gasteiger partial charge in [-0.25, -0.2) is 0 Å². The quantitative estimate of drug-likeness (QED) is 0.736. The molecule has 0 spiro atoms. The summed E-state index contributed by atoms with van der Waals surface area (Å²) < 4.78 is 17.8. The summed E-state index contributed by atoms with van der Waals surface area (Å²) in [5.41, 5.74) is 0. The van der Waals surface area contributed by atoms with E-state index in [0.717, 1.165) is 17.9 Å². The number of rotatable bonds is 8. The van der Waals surface area contributed by atoms with Crippen LogP contribution in [0.15, 0.2) is 51.8 Å². The Balaban J connectivity index is 1.44.